The summed E-state index contributed by atoms with van der Waals surface area (Å²) in [4.78, 5) is 53.3. The number of fused-ring (bicyclic) bond motifs is 2. The van der Waals surface area contributed by atoms with Crippen molar-refractivity contribution >= 4 is 23.6 Å². The quantitative estimate of drug-likeness (QED) is 0.605. The summed E-state index contributed by atoms with van der Waals surface area (Å²) in [6, 6.07) is 4.68. The van der Waals surface area contributed by atoms with Crippen molar-refractivity contribution in [1.29, 1.82) is 0 Å². The van der Waals surface area contributed by atoms with Gasteiger partial charge in [-0.2, -0.15) is 0 Å². The van der Waals surface area contributed by atoms with Gasteiger partial charge in [-0.25, -0.2) is 4.68 Å². The predicted octanol–water partition coefficient (Wildman–Crippen LogP) is 0.794. The maximum Gasteiger partial charge on any atom is 0.276 e. The Hall–Kier alpha value is -3.60. The van der Waals surface area contributed by atoms with E-state index in [9.17, 15) is 24.3 Å². The van der Waals surface area contributed by atoms with E-state index < -0.39 is 18.1 Å². The van der Waals surface area contributed by atoms with Gasteiger partial charge in [-0.3, -0.25) is 24.5 Å². The number of β-amino-alcohol motifs (C(OH)–C–C–N with tert-alkyl or cyclic N) is 1. The molecule has 4 aliphatic rings. The number of hydrogen-bond acceptors (Lipinski definition) is 7. The first-order chi connectivity index (χ1) is 17.4. The predicted molar refractivity (Wildman–Crippen MR) is 125 cm³/mol. The Morgan fingerprint density at radius 3 is 2.78 bits per heavy atom. The van der Waals surface area contributed by atoms with E-state index in [1.165, 1.54) is 9.58 Å². The van der Waals surface area contributed by atoms with Crippen molar-refractivity contribution in [2.75, 3.05) is 6.54 Å². The van der Waals surface area contributed by atoms with Gasteiger partial charge >= 0.3 is 0 Å². The second-order valence-electron chi connectivity index (χ2n) is 10.2. The van der Waals surface area contributed by atoms with Crippen molar-refractivity contribution in [3.05, 3.63) is 41.2 Å². The van der Waals surface area contributed by atoms with Crippen molar-refractivity contribution in [3.63, 3.8) is 0 Å². The minimum atomic E-state index is -0.676. The summed E-state index contributed by atoms with van der Waals surface area (Å²) in [7, 11) is 0. The minimum absolute atomic E-state index is 0.129. The number of carbonyl (C=O) groups excluding carboxylic acids is 4. The minimum Gasteiger partial charge on any atom is -0.391 e. The smallest absolute Gasteiger partial charge is 0.276 e. The molecule has 2 N–H and O–H groups in total. The van der Waals surface area contributed by atoms with Gasteiger partial charge in [0.2, 0.25) is 11.8 Å². The third-order valence-electron chi connectivity index (χ3n) is 8.00. The van der Waals surface area contributed by atoms with Crippen molar-refractivity contribution in [2.24, 2.45) is 5.92 Å². The van der Waals surface area contributed by atoms with Crippen LogP contribution in [0, 0.1) is 5.92 Å². The number of carbonyl (C=O) groups is 4. The van der Waals surface area contributed by atoms with Crippen molar-refractivity contribution in [1.82, 2.24) is 30.1 Å². The van der Waals surface area contributed by atoms with Gasteiger partial charge in [0.05, 0.1) is 18.0 Å². The van der Waals surface area contributed by atoms with Crippen LogP contribution in [-0.4, -0.2) is 78.3 Å². The zero-order chi connectivity index (χ0) is 25.0. The fraction of sp³-hybridized carbons (Fsp3) is 0.520. The van der Waals surface area contributed by atoms with Gasteiger partial charge in [0.1, 0.15) is 6.04 Å². The average molecular weight is 493 g/mol. The molecule has 1 aromatic heterocycles. The molecule has 4 unspecified atom stereocenters. The van der Waals surface area contributed by atoms with E-state index in [1.807, 2.05) is 6.07 Å². The molecule has 4 heterocycles. The molecule has 0 spiro atoms. The van der Waals surface area contributed by atoms with E-state index in [2.05, 4.69) is 15.6 Å². The summed E-state index contributed by atoms with van der Waals surface area (Å²) < 4.78 is 1.51. The van der Waals surface area contributed by atoms with Gasteiger partial charge < -0.3 is 14.9 Å². The van der Waals surface area contributed by atoms with E-state index in [-0.39, 0.29) is 42.4 Å². The molecule has 11 nitrogen and oxygen atoms in total. The molecule has 2 aromatic rings. The fourth-order valence-corrected chi connectivity index (χ4v) is 6.23. The van der Waals surface area contributed by atoms with Crippen molar-refractivity contribution < 1.29 is 24.3 Å². The first kappa shape index (κ1) is 22.8. The molecular formula is C25H28N6O5. The molecule has 0 radical (unpaired) electrons. The van der Waals surface area contributed by atoms with E-state index in [0.717, 1.165) is 37.7 Å². The Morgan fingerprint density at radius 1 is 1.11 bits per heavy atom. The summed E-state index contributed by atoms with van der Waals surface area (Å²) in [6.07, 6.45) is 6.49. The largest absolute Gasteiger partial charge is 0.391 e. The first-order valence-corrected chi connectivity index (χ1v) is 12.6. The van der Waals surface area contributed by atoms with Gasteiger partial charge in [-0.05, 0) is 55.4 Å². The lowest BCUT2D eigenvalue weighted by Crippen LogP contribution is -2.54. The van der Waals surface area contributed by atoms with Crippen LogP contribution in [0.15, 0.2) is 24.4 Å². The molecule has 1 saturated carbocycles. The van der Waals surface area contributed by atoms with Crippen LogP contribution in [0.1, 0.15) is 71.4 Å². The summed E-state index contributed by atoms with van der Waals surface area (Å²) >= 11 is 0. The molecule has 3 aliphatic heterocycles. The number of aromatic nitrogens is 3. The lowest BCUT2D eigenvalue weighted by Gasteiger charge is -2.45. The van der Waals surface area contributed by atoms with Crippen LogP contribution < -0.4 is 5.32 Å². The van der Waals surface area contributed by atoms with E-state index in [0.29, 0.717) is 30.1 Å². The monoisotopic (exact) mass is 492 g/mol. The van der Waals surface area contributed by atoms with Gasteiger partial charge in [-0.1, -0.05) is 18.1 Å². The van der Waals surface area contributed by atoms with Crippen LogP contribution >= 0.6 is 0 Å². The summed E-state index contributed by atoms with van der Waals surface area (Å²) in [6.45, 7) is 0.563. The van der Waals surface area contributed by atoms with Crippen LogP contribution in [0.25, 0.3) is 5.69 Å². The zero-order valence-electron chi connectivity index (χ0n) is 19.8. The van der Waals surface area contributed by atoms with Crippen LogP contribution in [0.5, 0.6) is 0 Å². The Bertz CT molecular complexity index is 1260. The normalized spacial score (nSPS) is 28.1. The van der Waals surface area contributed by atoms with Crippen LogP contribution in [0.3, 0.4) is 0 Å². The zero-order valence-corrected chi connectivity index (χ0v) is 19.8. The second kappa shape index (κ2) is 8.81. The number of imide groups is 1. The Kier molecular flexibility index (Phi) is 5.59. The second-order valence-corrected chi connectivity index (χ2v) is 10.2. The highest BCUT2D eigenvalue weighted by molar-refractivity contribution is 6.05. The summed E-state index contributed by atoms with van der Waals surface area (Å²) in [5.74, 6) is -0.918. The van der Waals surface area contributed by atoms with E-state index in [4.69, 9.17) is 0 Å². The molecular weight excluding hydrogens is 464 g/mol. The van der Waals surface area contributed by atoms with E-state index >= 15 is 0 Å². The molecule has 36 heavy (non-hydrogen) atoms. The Morgan fingerprint density at radius 2 is 1.94 bits per heavy atom. The molecule has 1 aromatic carbocycles. The number of aliphatic hydroxyl groups excluding tert-OH is 1. The number of amides is 4. The standard InChI is InChI=1S/C25H28N6O5/c32-17-10-14-3-1-2-4-20(14)30(12-17)25(36)19-13-31(28-27-19)16-5-6-18-15(9-16)11-29(24(18)35)21-7-8-22(33)26-23(21)34/h5-6,9,13-14,17,20-21,32H,1-4,7-8,10-12H2,(H,26,33,34). The number of rotatable bonds is 3. The van der Waals surface area contributed by atoms with Crippen LogP contribution in [-0.2, 0) is 16.1 Å². The molecule has 4 atom stereocenters. The molecule has 188 valence electrons. The Balaban J connectivity index is 1.21. The lowest BCUT2D eigenvalue weighted by molar-refractivity contribution is -0.136. The maximum atomic E-state index is 13.3. The molecule has 1 aliphatic carbocycles. The van der Waals surface area contributed by atoms with E-state index in [1.54, 1.807) is 23.2 Å². The van der Waals surface area contributed by atoms with Crippen LogP contribution in [0.4, 0.5) is 0 Å². The highest BCUT2D eigenvalue weighted by Gasteiger charge is 2.41. The highest BCUT2D eigenvalue weighted by Crippen LogP contribution is 2.36. The number of hydrogen-bond donors (Lipinski definition) is 2. The number of nitrogens with zero attached hydrogens (tertiary/aromatic N) is 5. The average Bonchev–Trinajstić information content (AvgIpc) is 3.48. The van der Waals surface area contributed by atoms with Gasteiger partial charge in [0.15, 0.2) is 5.69 Å². The molecule has 3 fully saturated rings. The van der Waals surface area contributed by atoms with Gasteiger partial charge in [-0.15, -0.1) is 5.10 Å². The third-order valence-corrected chi connectivity index (χ3v) is 8.00. The van der Waals surface area contributed by atoms with Crippen molar-refractivity contribution in [2.45, 2.75) is 69.7 Å². The SMILES string of the molecule is O=C1CCC(N2Cc3cc(-n4cc(C(=O)N5CC(O)CC6CCCCC65)nn4)ccc3C2=O)C(=O)N1. The number of aliphatic hydroxyl groups is 1. The topological polar surface area (TPSA) is 138 Å². The summed E-state index contributed by atoms with van der Waals surface area (Å²) in [5, 5.41) is 20.9. The number of likely N-dealkylation sites (tertiary alicyclic amines) is 1. The third kappa shape index (κ3) is 3.87. The molecule has 11 heteroatoms. The Labute approximate surface area is 207 Å². The maximum absolute atomic E-state index is 13.3. The highest BCUT2D eigenvalue weighted by atomic mass is 16.3. The molecule has 2 saturated heterocycles. The molecule has 6 rings (SSSR count). The number of benzene rings is 1. The molecule has 0 bridgehead atoms. The van der Waals surface area contributed by atoms with Crippen LogP contribution in [0.2, 0.25) is 0 Å². The number of piperidine rings is 2. The number of nitrogens with one attached hydrogen (secondary N) is 1. The lowest BCUT2D eigenvalue weighted by atomic mass is 9.77. The summed E-state index contributed by atoms with van der Waals surface area (Å²) in [5.41, 5.74) is 2.11. The first-order valence-electron chi connectivity index (χ1n) is 12.6. The van der Waals surface area contributed by atoms with Gasteiger partial charge in [0, 0.05) is 31.1 Å². The van der Waals surface area contributed by atoms with Gasteiger partial charge in [0.25, 0.3) is 11.8 Å². The fourth-order valence-electron chi connectivity index (χ4n) is 6.23. The van der Waals surface area contributed by atoms with Crippen molar-refractivity contribution in [3.8, 4) is 5.69 Å². The molecule has 4 amide bonds.